The van der Waals surface area contributed by atoms with Gasteiger partial charge in [0.1, 0.15) is 5.82 Å². The Bertz CT molecular complexity index is 210. The number of nitrogens with zero attached hydrogens (tertiary/aromatic N) is 1. The van der Waals surface area contributed by atoms with Gasteiger partial charge in [0, 0.05) is 6.20 Å². The lowest BCUT2D eigenvalue weighted by atomic mass is 10.3. The first-order valence-corrected chi connectivity index (χ1v) is 2.72. The van der Waals surface area contributed by atoms with E-state index >= 15 is 0 Å². The zero-order valence-electron chi connectivity index (χ0n) is 5.77. The Morgan fingerprint density at radius 2 is 1.67 bits per heavy atom. The molecule has 1 aromatic rings. The number of anilines is 2. The minimum Gasteiger partial charge on any atom is -0.418 e. The van der Waals surface area contributed by atoms with Gasteiger partial charge in [-0.05, 0) is 0 Å². The third-order valence-corrected chi connectivity index (χ3v) is 0.617. The largest absolute Gasteiger partial charge is 0.673 e. The van der Waals surface area contributed by atoms with E-state index in [2.05, 4.69) is 9.97 Å². The van der Waals surface area contributed by atoms with Gasteiger partial charge in [0.15, 0.2) is 5.95 Å². The molecule has 0 aliphatic carbocycles. The van der Waals surface area contributed by atoms with E-state index in [1.165, 1.54) is 6.20 Å². The van der Waals surface area contributed by atoms with Crippen molar-refractivity contribution in [3.8, 4) is 0 Å². The van der Waals surface area contributed by atoms with E-state index in [1.54, 1.807) is 0 Å². The van der Waals surface area contributed by atoms with Crippen LogP contribution in [0.5, 0.6) is 0 Å². The van der Waals surface area contributed by atoms with Crippen LogP contribution >= 0.6 is 0 Å². The Balaban J connectivity index is 0.000000217. The fraction of sp³-hybridized carbons (Fsp3) is 0. The molecule has 70 valence electrons. The van der Waals surface area contributed by atoms with Crippen molar-refractivity contribution < 1.29 is 17.3 Å². The first-order valence-electron chi connectivity index (χ1n) is 2.72. The number of nitrogens with two attached hydrogens (primary N) is 2. The van der Waals surface area contributed by atoms with E-state index in [-0.39, 0.29) is 0 Å². The van der Waals surface area contributed by atoms with E-state index in [0.717, 1.165) is 0 Å². The number of nitrogens with one attached hydrogen (secondary N) is 1. The van der Waals surface area contributed by atoms with Gasteiger partial charge in [-0.2, -0.15) is 4.98 Å². The number of aromatic amines is 1. The van der Waals surface area contributed by atoms with Gasteiger partial charge in [-0.25, -0.2) is 0 Å². The van der Waals surface area contributed by atoms with Crippen LogP contribution in [-0.4, -0.2) is 17.2 Å². The van der Waals surface area contributed by atoms with Crippen molar-refractivity contribution in [1.82, 2.24) is 9.97 Å². The lowest BCUT2D eigenvalue weighted by molar-refractivity contribution is 0.368. The average molecular weight is 185 g/mol. The van der Waals surface area contributed by atoms with Crippen molar-refractivity contribution in [2.75, 3.05) is 11.5 Å². The Morgan fingerprint density at radius 3 is 1.75 bits per heavy atom. The van der Waals surface area contributed by atoms with Gasteiger partial charge >= 0.3 is 7.25 Å². The van der Waals surface area contributed by atoms with Crippen LogP contribution in [0.15, 0.2) is 6.20 Å². The van der Waals surface area contributed by atoms with Crippen LogP contribution < -0.4 is 11.5 Å². The zero-order chi connectivity index (χ0) is 9.78. The lowest BCUT2D eigenvalue weighted by Gasteiger charge is -1.94. The molecule has 0 bridgehead atoms. The molecule has 0 aliphatic heterocycles. The van der Waals surface area contributed by atoms with Gasteiger partial charge in [0.05, 0.1) is 0 Å². The second kappa shape index (κ2) is 3.84. The molecule has 5 N–H and O–H groups in total. The maximum Gasteiger partial charge on any atom is 0.673 e. The predicted molar refractivity (Wildman–Crippen MR) is 37.6 cm³/mol. The topological polar surface area (TPSA) is 80.7 Å². The van der Waals surface area contributed by atoms with Crippen molar-refractivity contribution >= 4 is 19.0 Å². The normalized spacial score (nSPS) is 10.3. The summed E-state index contributed by atoms with van der Waals surface area (Å²) >= 11 is 0. The Labute approximate surface area is 65.1 Å². The SMILES string of the molecule is F[B-](F)(F)F.Nc1c[nH]c(N)n1. The van der Waals surface area contributed by atoms with Crippen molar-refractivity contribution in [1.29, 1.82) is 0 Å². The quantitative estimate of drug-likeness (QED) is 0.414. The molecule has 0 spiro atoms. The molecule has 1 heterocycles. The number of halogens is 4. The summed E-state index contributed by atoms with van der Waals surface area (Å²) in [5.74, 6) is 0.787. The molecule has 1 aromatic heterocycles. The summed E-state index contributed by atoms with van der Waals surface area (Å²) in [6.45, 7) is 0. The van der Waals surface area contributed by atoms with Gasteiger partial charge < -0.3 is 33.7 Å². The third kappa shape index (κ3) is 8.59. The van der Waals surface area contributed by atoms with Crippen LogP contribution in [0.2, 0.25) is 0 Å². The molecule has 0 amide bonds. The van der Waals surface area contributed by atoms with Gasteiger partial charge in [-0.15, -0.1) is 0 Å². The number of aromatic nitrogens is 2. The number of H-pyrrole nitrogens is 1. The zero-order valence-corrected chi connectivity index (χ0v) is 5.77. The summed E-state index contributed by atoms with van der Waals surface area (Å²) in [7, 11) is -6.00. The second-order valence-corrected chi connectivity index (χ2v) is 1.71. The van der Waals surface area contributed by atoms with Crippen molar-refractivity contribution in [3.05, 3.63) is 6.20 Å². The van der Waals surface area contributed by atoms with E-state index in [1.807, 2.05) is 0 Å². The predicted octanol–water partition coefficient (Wildman–Crippen LogP) is 0.874. The molecule has 0 saturated heterocycles. The van der Waals surface area contributed by atoms with Crippen LogP contribution in [0.4, 0.5) is 29.0 Å². The molecule has 4 nitrogen and oxygen atoms in total. The number of imidazole rings is 1. The molecular weight excluding hydrogens is 179 g/mol. The van der Waals surface area contributed by atoms with E-state index in [4.69, 9.17) is 11.5 Å². The van der Waals surface area contributed by atoms with Crippen LogP contribution in [0.25, 0.3) is 0 Å². The molecule has 0 atom stereocenters. The number of hydrogen-bond acceptors (Lipinski definition) is 3. The highest BCUT2D eigenvalue weighted by Gasteiger charge is 2.20. The van der Waals surface area contributed by atoms with Crippen LogP contribution in [0, 0.1) is 0 Å². The summed E-state index contributed by atoms with van der Waals surface area (Å²) in [4.78, 5) is 6.22. The minimum atomic E-state index is -6.00. The monoisotopic (exact) mass is 185 g/mol. The van der Waals surface area contributed by atoms with Gasteiger partial charge in [-0.3, -0.25) is 0 Å². The fourth-order valence-electron chi connectivity index (χ4n) is 0.352. The highest BCUT2D eigenvalue weighted by Crippen LogP contribution is 2.06. The summed E-state index contributed by atoms with van der Waals surface area (Å²) < 4.78 is 39.0. The molecule has 0 fully saturated rings. The maximum atomic E-state index is 9.75. The van der Waals surface area contributed by atoms with Gasteiger partial charge in [0.2, 0.25) is 0 Å². The van der Waals surface area contributed by atoms with Crippen molar-refractivity contribution in [2.45, 2.75) is 0 Å². The molecule has 0 saturated carbocycles. The number of rotatable bonds is 0. The smallest absolute Gasteiger partial charge is 0.418 e. The van der Waals surface area contributed by atoms with Crippen molar-refractivity contribution in [3.63, 3.8) is 0 Å². The molecule has 1 rings (SSSR count). The molecule has 0 aromatic carbocycles. The average Bonchev–Trinajstić information content (AvgIpc) is 2.09. The van der Waals surface area contributed by atoms with Crippen molar-refractivity contribution in [2.24, 2.45) is 0 Å². The molecular formula is C3H6BF4N4-. The van der Waals surface area contributed by atoms with Gasteiger partial charge in [0.25, 0.3) is 0 Å². The molecule has 0 radical (unpaired) electrons. The number of hydrogen-bond donors (Lipinski definition) is 3. The first kappa shape index (κ1) is 10.6. The summed E-state index contributed by atoms with van der Waals surface area (Å²) in [6.07, 6.45) is 1.54. The Morgan fingerprint density at radius 1 is 1.25 bits per heavy atom. The summed E-state index contributed by atoms with van der Waals surface area (Å²) in [5.41, 5.74) is 10.3. The molecule has 9 heteroatoms. The van der Waals surface area contributed by atoms with Gasteiger partial charge in [-0.1, -0.05) is 0 Å². The van der Waals surface area contributed by atoms with E-state index in [9.17, 15) is 17.3 Å². The minimum absolute atomic E-state index is 0.359. The highest BCUT2D eigenvalue weighted by atomic mass is 19.5. The Hall–Kier alpha value is -1.41. The summed E-state index contributed by atoms with van der Waals surface area (Å²) in [5, 5.41) is 0. The fourth-order valence-corrected chi connectivity index (χ4v) is 0.352. The van der Waals surface area contributed by atoms with Crippen LogP contribution in [0.3, 0.4) is 0 Å². The lowest BCUT2D eigenvalue weighted by Crippen LogP contribution is -2.02. The molecule has 12 heavy (non-hydrogen) atoms. The third-order valence-electron chi connectivity index (χ3n) is 0.617. The molecule has 0 unspecified atom stereocenters. The second-order valence-electron chi connectivity index (χ2n) is 1.71. The first-order chi connectivity index (χ1) is 5.29. The standard InChI is InChI=1S/C3H6N4.BF4/c4-2-1-6-3(5)7-2;2-1(3,4)5/h1H,4H2,(H3,5,6,7);/q;-1. The Kier molecular flexibility index (Phi) is 3.39. The van der Waals surface area contributed by atoms with E-state index in [0.29, 0.717) is 11.8 Å². The maximum absolute atomic E-state index is 9.75. The van der Waals surface area contributed by atoms with E-state index < -0.39 is 7.25 Å². The van der Waals surface area contributed by atoms with Crippen LogP contribution in [-0.2, 0) is 0 Å². The highest BCUT2D eigenvalue weighted by molar-refractivity contribution is 6.50. The molecule has 0 aliphatic rings. The van der Waals surface area contributed by atoms with Crippen LogP contribution in [0.1, 0.15) is 0 Å². The number of nitrogen functional groups attached to an aromatic ring is 2. The summed E-state index contributed by atoms with van der Waals surface area (Å²) in [6, 6.07) is 0.